The van der Waals surface area contributed by atoms with Crippen molar-refractivity contribution in [3.8, 4) is 0 Å². The van der Waals surface area contributed by atoms with E-state index in [1.165, 1.54) is 180 Å². The summed E-state index contributed by atoms with van der Waals surface area (Å²) in [5, 5.41) is 0. The van der Waals surface area contributed by atoms with Crippen molar-refractivity contribution in [2.24, 2.45) is 0 Å². The average Bonchev–Trinajstić information content (AvgIpc) is 3.47. The van der Waals surface area contributed by atoms with Gasteiger partial charge in [0.1, 0.15) is 13.2 Å². The Hall–Kier alpha value is -3.67. The molecule has 0 saturated heterocycles. The zero-order valence-corrected chi connectivity index (χ0v) is 53.5. The molecule has 0 fully saturated rings. The lowest BCUT2D eigenvalue weighted by Crippen LogP contribution is -2.30. The zero-order valence-electron chi connectivity index (χ0n) is 53.5. The third-order valence-corrected chi connectivity index (χ3v) is 15.1. The molecular weight excluding hydrogens is 997 g/mol. The molecule has 0 N–H and O–H groups in total. The van der Waals surface area contributed by atoms with Gasteiger partial charge in [-0.25, -0.2) is 0 Å². The van der Waals surface area contributed by atoms with Gasteiger partial charge < -0.3 is 14.2 Å². The smallest absolute Gasteiger partial charge is 0.306 e. The lowest BCUT2D eigenvalue weighted by molar-refractivity contribution is -0.167. The monoisotopic (exact) mass is 1130 g/mol. The number of hydrogen-bond acceptors (Lipinski definition) is 6. The molecule has 0 aromatic heterocycles. The molecule has 0 aromatic carbocycles. The third-order valence-electron chi connectivity index (χ3n) is 15.1. The Bertz CT molecular complexity index is 1580. The average molecular weight is 1130 g/mol. The van der Waals surface area contributed by atoms with E-state index in [1.54, 1.807) is 0 Å². The first kappa shape index (κ1) is 77.3. The Morgan fingerprint density at radius 1 is 0.259 bits per heavy atom. The fourth-order valence-electron chi connectivity index (χ4n) is 9.97. The Balaban J connectivity index is 4.24. The van der Waals surface area contributed by atoms with Crippen molar-refractivity contribution in [1.82, 2.24) is 0 Å². The van der Waals surface area contributed by atoms with E-state index in [9.17, 15) is 14.4 Å². The van der Waals surface area contributed by atoms with Crippen molar-refractivity contribution in [3.05, 3.63) is 97.2 Å². The quantitative estimate of drug-likeness (QED) is 0.0261. The van der Waals surface area contributed by atoms with Gasteiger partial charge in [-0.2, -0.15) is 0 Å². The Morgan fingerprint density at radius 3 is 0.790 bits per heavy atom. The van der Waals surface area contributed by atoms with Gasteiger partial charge in [0.2, 0.25) is 0 Å². The number of esters is 3. The molecule has 6 nitrogen and oxygen atoms in total. The molecule has 0 rings (SSSR count). The van der Waals surface area contributed by atoms with Crippen LogP contribution in [0.1, 0.15) is 342 Å². The summed E-state index contributed by atoms with van der Waals surface area (Å²) in [5.41, 5.74) is 0. The Morgan fingerprint density at radius 2 is 0.494 bits per heavy atom. The van der Waals surface area contributed by atoms with Gasteiger partial charge in [0.25, 0.3) is 0 Å². The Labute approximate surface area is 502 Å². The molecular formula is C75H130O6. The van der Waals surface area contributed by atoms with Crippen LogP contribution in [0.4, 0.5) is 0 Å². The van der Waals surface area contributed by atoms with Gasteiger partial charge >= 0.3 is 17.9 Å². The van der Waals surface area contributed by atoms with E-state index in [0.29, 0.717) is 19.3 Å². The molecule has 0 amide bonds. The van der Waals surface area contributed by atoms with E-state index >= 15 is 0 Å². The minimum absolute atomic E-state index is 0.104. The maximum atomic E-state index is 12.9. The van der Waals surface area contributed by atoms with Crippen LogP contribution in [-0.2, 0) is 28.6 Å². The maximum absolute atomic E-state index is 12.9. The van der Waals surface area contributed by atoms with Crippen LogP contribution in [0.3, 0.4) is 0 Å². The molecule has 0 saturated carbocycles. The molecule has 0 spiro atoms. The van der Waals surface area contributed by atoms with Crippen LogP contribution in [0.5, 0.6) is 0 Å². The molecule has 1 atom stereocenters. The predicted molar refractivity (Wildman–Crippen MR) is 353 cm³/mol. The second-order valence-electron chi connectivity index (χ2n) is 23.0. The topological polar surface area (TPSA) is 78.9 Å². The van der Waals surface area contributed by atoms with Gasteiger partial charge in [-0.1, -0.05) is 330 Å². The molecule has 466 valence electrons. The highest BCUT2D eigenvalue weighted by atomic mass is 16.6. The molecule has 1 unspecified atom stereocenters. The first-order chi connectivity index (χ1) is 40.0. The molecule has 6 heteroatoms. The van der Waals surface area contributed by atoms with E-state index in [4.69, 9.17) is 14.2 Å². The lowest BCUT2D eigenvalue weighted by atomic mass is 10.0. The number of hydrogen-bond donors (Lipinski definition) is 0. The molecule has 0 aliphatic heterocycles. The molecule has 0 aliphatic carbocycles. The van der Waals surface area contributed by atoms with Crippen molar-refractivity contribution in [3.63, 3.8) is 0 Å². The third kappa shape index (κ3) is 67.0. The van der Waals surface area contributed by atoms with E-state index in [-0.39, 0.29) is 37.5 Å². The Kier molecular flexibility index (Phi) is 65.7. The van der Waals surface area contributed by atoms with Crippen LogP contribution < -0.4 is 0 Å². The van der Waals surface area contributed by atoms with Crippen molar-refractivity contribution in [2.45, 2.75) is 348 Å². The molecule has 0 radical (unpaired) electrons. The van der Waals surface area contributed by atoms with Crippen LogP contribution in [0.25, 0.3) is 0 Å². The summed E-state index contributed by atoms with van der Waals surface area (Å²) in [6, 6.07) is 0. The molecule has 81 heavy (non-hydrogen) atoms. The van der Waals surface area contributed by atoms with E-state index in [2.05, 4.69) is 118 Å². The van der Waals surface area contributed by atoms with Crippen LogP contribution in [-0.4, -0.2) is 37.2 Å². The molecule has 0 aromatic rings. The summed E-state index contributed by atoms with van der Waals surface area (Å²) in [6.45, 7) is 6.39. The molecule has 0 heterocycles. The van der Waals surface area contributed by atoms with Crippen LogP contribution in [0.2, 0.25) is 0 Å². The maximum Gasteiger partial charge on any atom is 0.306 e. The molecule has 0 aliphatic rings. The highest BCUT2D eigenvalue weighted by molar-refractivity contribution is 5.71. The van der Waals surface area contributed by atoms with E-state index < -0.39 is 6.10 Å². The van der Waals surface area contributed by atoms with Gasteiger partial charge in [0.05, 0.1) is 0 Å². The van der Waals surface area contributed by atoms with Gasteiger partial charge in [0, 0.05) is 19.3 Å². The molecule has 0 bridgehead atoms. The van der Waals surface area contributed by atoms with Crippen molar-refractivity contribution < 1.29 is 28.6 Å². The number of rotatable bonds is 63. The number of carbonyl (C=O) groups is 3. The highest BCUT2D eigenvalue weighted by Gasteiger charge is 2.19. The minimum atomic E-state index is -0.816. The number of allylic oxidation sites excluding steroid dienone is 16. The summed E-state index contributed by atoms with van der Waals surface area (Å²) >= 11 is 0. The second kappa shape index (κ2) is 68.8. The summed E-state index contributed by atoms with van der Waals surface area (Å²) in [7, 11) is 0. The summed E-state index contributed by atoms with van der Waals surface area (Å²) < 4.78 is 16.9. The van der Waals surface area contributed by atoms with Crippen molar-refractivity contribution in [1.29, 1.82) is 0 Å². The fourth-order valence-corrected chi connectivity index (χ4v) is 9.97. The van der Waals surface area contributed by atoms with E-state index in [0.717, 1.165) is 116 Å². The number of carbonyl (C=O) groups excluding carboxylic acids is 3. The van der Waals surface area contributed by atoms with Crippen LogP contribution in [0, 0.1) is 0 Å². The van der Waals surface area contributed by atoms with Gasteiger partial charge in [-0.05, 0) is 89.9 Å². The van der Waals surface area contributed by atoms with Crippen molar-refractivity contribution in [2.75, 3.05) is 13.2 Å². The standard InChI is InChI=1S/C75H130O6/c1-4-7-10-13-16-19-22-25-28-30-31-32-33-34-35-36-37-38-39-40-41-42-43-45-47-50-53-56-59-62-65-68-74(77)80-71-72(70-79-73(76)67-64-61-58-55-52-49-46-27-24-21-18-15-12-9-6-3)81-75(78)69-66-63-60-57-54-51-48-44-29-26-23-20-17-14-11-8-5-2/h8-9,11-12,17-18,20-21,26-27,29,46,48,51,57,60,72H,4-7,10,13-16,19,22-25,28,30-45,47,49-50,52-56,58-59,61-71H2,1-3H3/b11-8-,12-9-,20-17-,21-18-,29-26-,46-27-,51-48-,60-57-. The lowest BCUT2D eigenvalue weighted by Gasteiger charge is -2.18. The largest absolute Gasteiger partial charge is 0.462 e. The summed E-state index contributed by atoms with van der Waals surface area (Å²) in [6.07, 6.45) is 93.2. The van der Waals surface area contributed by atoms with Crippen molar-refractivity contribution >= 4 is 17.9 Å². The fraction of sp³-hybridized carbons (Fsp3) is 0.747. The van der Waals surface area contributed by atoms with Gasteiger partial charge in [-0.15, -0.1) is 0 Å². The van der Waals surface area contributed by atoms with E-state index in [1.807, 2.05) is 0 Å². The zero-order chi connectivity index (χ0) is 58.5. The van der Waals surface area contributed by atoms with Crippen LogP contribution >= 0.6 is 0 Å². The minimum Gasteiger partial charge on any atom is -0.462 e. The normalized spacial score (nSPS) is 12.7. The van der Waals surface area contributed by atoms with Gasteiger partial charge in [0.15, 0.2) is 6.10 Å². The summed E-state index contributed by atoms with van der Waals surface area (Å²) in [4.78, 5) is 38.3. The number of ether oxygens (including phenoxy) is 3. The first-order valence-corrected chi connectivity index (χ1v) is 34.7. The van der Waals surface area contributed by atoms with Gasteiger partial charge in [-0.3, -0.25) is 14.4 Å². The highest BCUT2D eigenvalue weighted by Crippen LogP contribution is 2.18. The predicted octanol–water partition coefficient (Wildman–Crippen LogP) is 24.0. The number of unbranched alkanes of at least 4 members (excludes halogenated alkanes) is 36. The first-order valence-electron chi connectivity index (χ1n) is 34.7. The van der Waals surface area contributed by atoms with Crippen LogP contribution in [0.15, 0.2) is 97.2 Å². The summed E-state index contributed by atoms with van der Waals surface area (Å²) in [5.74, 6) is -0.969. The second-order valence-corrected chi connectivity index (χ2v) is 23.0. The SMILES string of the molecule is CC/C=C\C/C=C\C/C=C\C/C=C\C/C=C\CCCC(=O)OC(COC(=O)CCCCCCC/C=C\C/C=C\C/C=C\CC)COC(=O)CCCCCCCCCCCCCCCCCCCCCCCCCCCCCCCCC.